The molecule has 0 aromatic rings. The van der Waals surface area contributed by atoms with Gasteiger partial charge in [-0.3, -0.25) is 4.79 Å². The van der Waals surface area contributed by atoms with Crippen LogP contribution < -0.4 is 0 Å². The average molecular weight is 232 g/mol. The van der Waals surface area contributed by atoms with Crippen molar-refractivity contribution in [2.24, 2.45) is 11.8 Å². The molecule has 0 heterocycles. The highest BCUT2D eigenvalue weighted by Crippen LogP contribution is 2.46. The van der Waals surface area contributed by atoms with E-state index in [2.05, 4.69) is 0 Å². The summed E-state index contributed by atoms with van der Waals surface area (Å²) in [5.41, 5.74) is 0. The molecule has 7 heteroatoms. The number of rotatable bonds is 1. The molecule has 2 atom stereocenters. The van der Waals surface area contributed by atoms with Crippen LogP contribution in [0.15, 0.2) is 0 Å². The van der Waals surface area contributed by atoms with E-state index in [9.17, 15) is 26.7 Å². The third kappa shape index (κ3) is 3.04. The predicted molar refractivity (Wildman–Crippen MR) is 39.5 cm³/mol. The van der Waals surface area contributed by atoms with Gasteiger partial charge in [-0.2, -0.15) is 13.2 Å². The minimum absolute atomic E-state index is 0.756. The Labute approximate surface area is 82.1 Å². The molecule has 0 radical (unpaired) electrons. The fourth-order valence-corrected chi connectivity index (χ4v) is 1.75. The summed E-state index contributed by atoms with van der Waals surface area (Å²) in [5, 5.41) is 8.45. The molecule has 0 amide bonds. The zero-order valence-corrected chi connectivity index (χ0v) is 7.52. The summed E-state index contributed by atoms with van der Waals surface area (Å²) in [6.07, 6.45) is -7.82. The van der Waals surface area contributed by atoms with E-state index >= 15 is 0 Å². The fraction of sp³-hybridized carbons (Fsp3) is 0.875. The minimum atomic E-state index is -4.75. The number of carboxylic acids is 1. The van der Waals surface area contributed by atoms with Crippen LogP contribution in [0.3, 0.4) is 0 Å². The summed E-state index contributed by atoms with van der Waals surface area (Å²) >= 11 is 0. The third-order valence-corrected chi connectivity index (χ3v) is 2.47. The van der Waals surface area contributed by atoms with Gasteiger partial charge in [0.2, 0.25) is 5.92 Å². The summed E-state index contributed by atoms with van der Waals surface area (Å²) < 4.78 is 62.2. The van der Waals surface area contributed by atoms with Crippen molar-refractivity contribution in [3.63, 3.8) is 0 Å². The normalized spacial score (nSPS) is 31.3. The quantitative estimate of drug-likeness (QED) is 0.705. The van der Waals surface area contributed by atoms with Gasteiger partial charge in [-0.05, 0) is 6.42 Å². The number of hydrogen-bond donors (Lipinski definition) is 1. The highest BCUT2D eigenvalue weighted by atomic mass is 19.4. The highest BCUT2D eigenvalue weighted by molar-refractivity contribution is 5.70. The Kier molecular flexibility index (Phi) is 2.93. The van der Waals surface area contributed by atoms with Crippen LogP contribution in [0.5, 0.6) is 0 Å². The smallest absolute Gasteiger partial charge is 0.392 e. The zero-order chi connectivity index (χ0) is 11.9. The second kappa shape index (κ2) is 3.61. The summed E-state index contributed by atoms with van der Waals surface area (Å²) in [7, 11) is 0. The van der Waals surface area contributed by atoms with E-state index in [1.54, 1.807) is 0 Å². The number of carboxylic acid groups (broad SMARTS) is 1. The predicted octanol–water partition coefficient (Wildman–Crippen LogP) is 2.68. The van der Waals surface area contributed by atoms with Crippen LogP contribution in [0.25, 0.3) is 0 Å². The maximum Gasteiger partial charge on any atom is 0.392 e. The molecule has 15 heavy (non-hydrogen) atoms. The molecule has 0 saturated heterocycles. The lowest BCUT2D eigenvalue weighted by molar-refractivity contribution is -0.215. The first kappa shape index (κ1) is 12.2. The molecule has 0 aromatic carbocycles. The first-order valence-electron chi connectivity index (χ1n) is 4.29. The number of halogens is 5. The van der Waals surface area contributed by atoms with E-state index in [1.165, 1.54) is 0 Å². The largest absolute Gasteiger partial charge is 0.481 e. The molecule has 0 bridgehead atoms. The number of aliphatic carboxylic acids is 1. The maximum absolute atomic E-state index is 12.8. The van der Waals surface area contributed by atoms with Crippen molar-refractivity contribution in [2.45, 2.75) is 31.4 Å². The molecule has 1 fully saturated rings. The van der Waals surface area contributed by atoms with Gasteiger partial charge < -0.3 is 5.11 Å². The molecule has 1 N–H and O–H groups in total. The Hall–Kier alpha value is -0.880. The molecule has 1 aliphatic rings. The molecule has 2 nitrogen and oxygen atoms in total. The molecular weight excluding hydrogens is 223 g/mol. The van der Waals surface area contributed by atoms with Crippen LogP contribution in [0.4, 0.5) is 22.0 Å². The van der Waals surface area contributed by atoms with Crippen LogP contribution >= 0.6 is 0 Å². The molecule has 88 valence electrons. The van der Waals surface area contributed by atoms with Crippen LogP contribution in [0.2, 0.25) is 0 Å². The monoisotopic (exact) mass is 232 g/mol. The first-order valence-corrected chi connectivity index (χ1v) is 4.29. The van der Waals surface area contributed by atoms with Gasteiger partial charge in [0.25, 0.3) is 0 Å². The molecule has 1 saturated carbocycles. The number of carbonyl (C=O) groups is 1. The van der Waals surface area contributed by atoms with Crippen molar-refractivity contribution in [3.05, 3.63) is 0 Å². The maximum atomic E-state index is 12.8. The van der Waals surface area contributed by atoms with Crippen molar-refractivity contribution in [3.8, 4) is 0 Å². The Morgan fingerprint density at radius 1 is 1.27 bits per heavy atom. The van der Waals surface area contributed by atoms with Crippen molar-refractivity contribution in [1.29, 1.82) is 0 Å². The van der Waals surface area contributed by atoms with Gasteiger partial charge in [0.1, 0.15) is 0 Å². The van der Waals surface area contributed by atoms with Gasteiger partial charge >= 0.3 is 12.1 Å². The average Bonchev–Trinajstić information content (AvgIpc) is 1.99. The fourth-order valence-electron chi connectivity index (χ4n) is 1.75. The van der Waals surface area contributed by atoms with Crippen LogP contribution in [-0.4, -0.2) is 23.2 Å². The van der Waals surface area contributed by atoms with E-state index in [4.69, 9.17) is 5.11 Å². The molecule has 1 rings (SSSR count). The Morgan fingerprint density at radius 3 is 2.20 bits per heavy atom. The number of alkyl halides is 5. The second-order valence-electron chi connectivity index (χ2n) is 3.77. The SMILES string of the molecule is O=C(O)[C@H]1C[C@@H](C(F)(F)F)CC(F)(F)C1. The Morgan fingerprint density at radius 2 is 1.80 bits per heavy atom. The molecule has 0 aliphatic heterocycles. The first-order chi connectivity index (χ1) is 6.62. The highest BCUT2D eigenvalue weighted by Gasteiger charge is 2.52. The summed E-state index contributed by atoms with van der Waals surface area (Å²) in [4.78, 5) is 10.4. The second-order valence-corrected chi connectivity index (χ2v) is 3.77. The van der Waals surface area contributed by atoms with E-state index in [1.807, 2.05) is 0 Å². The van der Waals surface area contributed by atoms with Crippen LogP contribution in [-0.2, 0) is 4.79 Å². The van der Waals surface area contributed by atoms with Crippen molar-refractivity contribution in [1.82, 2.24) is 0 Å². The molecule has 0 unspecified atom stereocenters. The minimum Gasteiger partial charge on any atom is -0.481 e. The summed E-state index contributed by atoms with van der Waals surface area (Å²) in [6.45, 7) is 0. The van der Waals surface area contributed by atoms with E-state index < -0.39 is 49.2 Å². The van der Waals surface area contributed by atoms with E-state index in [0.717, 1.165) is 0 Å². The molecular formula is C8H9F5O2. The molecule has 0 spiro atoms. The standard InChI is InChI=1S/C8H9F5O2/c9-7(10)2-4(6(14)15)1-5(3-7)8(11,12)13/h4-5H,1-3H2,(H,14,15)/t4-,5+/m0/s1. The number of hydrogen-bond acceptors (Lipinski definition) is 1. The van der Waals surface area contributed by atoms with Gasteiger partial charge in [-0.25, -0.2) is 8.78 Å². The zero-order valence-electron chi connectivity index (χ0n) is 7.52. The third-order valence-electron chi connectivity index (χ3n) is 2.47. The van der Waals surface area contributed by atoms with Crippen LogP contribution in [0, 0.1) is 11.8 Å². The van der Waals surface area contributed by atoms with Gasteiger partial charge in [0.15, 0.2) is 0 Å². The Balaban J connectivity index is 2.82. The van der Waals surface area contributed by atoms with Crippen molar-refractivity contribution < 1.29 is 31.9 Å². The summed E-state index contributed by atoms with van der Waals surface area (Å²) in [6, 6.07) is 0. The van der Waals surface area contributed by atoms with E-state index in [-0.39, 0.29) is 0 Å². The van der Waals surface area contributed by atoms with Crippen molar-refractivity contribution >= 4 is 5.97 Å². The van der Waals surface area contributed by atoms with Gasteiger partial charge in [0, 0.05) is 12.8 Å². The van der Waals surface area contributed by atoms with Gasteiger partial charge in [0.05, 0.1) is 11.8 Å². The van der Waals surface area contributed by atoms with Crippen LogP contribution in [0.1, 0.15) is 19.3 Å². The summed E-state index contributed by atoms with van der Waals surface area (Å²) in [5.74, 6) is -8.96. The lowest BCUT2D eigenvalue weighted by Gasteiger charge is -2.33. The van der Waals surface area contributed by atoms with Crippen molar-refractivity contribution in [2.75, 3.05) is 0 Å². The lowest BCUT2D eigenvalue weighted by atomic mass is 9.79. The topological polar surface area (TPSA) is 37.3 Å². The lowest BCUT2D eigenvalue weighted by Crippen LogP contribution is -2.40. The molecule has 0 aromatic heterocycles. The molecule has 1 aliphatic carbocycles. The Bertz CT molecular complexity index is 260. The van der Waals surface area contributed by atoms with E-state index in [0.29, 0.717) is 0 Å². The van der Waals surface area contributed by atoms with Gasteiger partial charge in [-0.1, -0.05) is 0 Å². The van der Waals surface area contributed by atoms with Gasteiger partial charge in [-0.15, -0.1) is 0 Å².